The molecule has 0 aliphatic carbocycles. The molecule has 2 heterocycles. The van der Waals surface area contributed by atoms with E-state index in [1.54, 1.807) is 0 Å². The van der Waals surface area contributed by atoms with E-state index in [1.807, 2.05) is 11.3 Å². The van der Waals surface area contributed by atoms with E-state index in [9.17, 15) is 0 Å². The fourth-order valence-corrected chi connectivity index (χ4v) is 8.35. The van der Waals surface area contributed by atoms with Gasteiger partial charge in [0, 0.05) is 36.3 Å². The molecule has 0 aliphatic heterocycles. The molecule has 42 heavy (non-hydrogen) atoms. The lowest BCUT2D eigenvalue weighted by Gasteiger charge is -2.10. The van der Waals surface area contributed by atoms with Gasteiger partial charge in [0.15, 0.2) is 0 Å². The molecule has 0 atom stereocenters. The normalized spacial score (nSPS) is 12.3. The summed E-state index contributed by atoms with van der Waals surface area (Å²) in [6.45, 7) is 0. The minimum Gasteiger partial charge on any atom is -0.455 e. The van der Waals surface area contributed by atoms with E-state index in [-0.39, 0.29) is 0 Å². The van der Waals surface area contributed by atoms with E-state index in [0.717, 1.165) is 16.6 Å². The molecule has 0 spiro atoms. The Morgan fingerprint density at radius 3 is 1.93 bits per heavy atom. The Hall–Kier alpha value is -5.18. The van der Waals surface area contributed by atoms with Crippen LogP contribution in [0, 0.1) is 0 Å². The Bertz CT molecular complexity index is 2740. The maximum atomic E-state index is 6.68. The molecule has 194 valence electrons. The van der Waals surface area contributed by atoms with Crippen LogP contribution in [-0.2, 0) is 0 Å². The van der Waals surface area contributed by atoms with Crippen molar-refractivity contribution in [2.75, 3.05) is 0 Å². The van der Waals surface area contributed by atoms with Gasteiger partial charge in [-0.15, -0.1) is 11.3 Å². The molecule has 0 saturated heterocycles. The molecule has 0 radical (unpaired) electrons. The first kappa shape index (κ1) is 22.5. The summed E-state index contributed by atoms with van der Waals surface area (Å²) in [5.41, 5.74) is 4.30. The van der Waals surface area contributed by atoms with E-state index in [4.69, 9.17) is 4.42 Å². The highest BCUT2D eigenvalue weighted by Crippen LogP contribution is 2.45. The van der Waals surface area contributed by atoms with Crippen molar-refractivity contribution in [2.24, 2.45) is 0 Å². The van der Waals surface area contributed by atoms with Crippen LogP contribution >= 0.6 is 11.3 Å². The first-order valence-electron chi connectivity index (χ1n) is 14.3. The van der Waals surface area contributed by atoms with E-state index < -0.39 is 0 Å². The summed E-state index contributed by atoms with van der Waals surface area (Å²) in [4.78, 5) is 0. The number of hydrogen-bond acceptors (Lipinski definition) is 2. The molecule has 0 unspecified atom stereocenters. The molecule has 0 N–H and O–H groups in total. The van der Waals surface area contributed by atoms with Crippen molar-refractivity contribution in [2.45, 2.75) is 0 Å². The maximum Gasteiger partial charge on any atom is 0.143 e. The van der Waals surface area contributed by atoms with Gasteiger partial charge in [0.05, 0.1) is 0 Å². The molecule has 8 aromatic carbocycles. The number of fused-ring (bicyclic) bond motifs is 14. The second kappa shape index (κ2) is 8.19. The van der Waals surface area contributed by atoms with Crippen molar-refractivity contribution < 1.29 is 4.42 Å². The van der Waals surface area contributed by atoms with Crippen LogP contribution < -0.4 is 0 Å². The molecule has 0 fully saturated rings. The lowest BCUT2D eigenvalue weighted by atomic mass is 9.92. The topological polar surface area (TPSA) is 13.1 Å². The zero-order chi connectivity index (χ0) is 27.4. The number of benzene rings is 8. The molecule has 0 aliphatic rings. The van der Waals surface area contributed by atoms with Crippen LogP contribution in [-0.4, -0.2) is 0 Å². The van der Waals surface area contributed by atoms with Gasteiger partial charge in [-0.25, -0.2) is 0 Å². The van der Waals surface area contributed by atoms with Crippen LogP contribution in [0.2, 0.25) is 0 Å². The number of furan rings is 1. The van der Waals surface area contributed by atoms with Gasteiger partial charge >= 0.3 is 0 Å². The van der Waals surface area contributed by atoms with Crippen molar-refractivity contribution in [3.8, 4) is 11.1 Å². The van der Waals surface area contributed by atoms with Gasteiger partial charge in [-0.05, 0) is 73.1 Å². The molecule has 2 heteroatoms. The van der Waals surface area contributed by atoms with Crippen LogP contribution in [0.15, 0.2) is 138 Å². The van der Waals surface area contributed by atoms with Gasteiger partial charge in [-0.3, -0.25) is 0 Å². The molecule has 10 rings (SSSR count). The van der Waals surface area contributed by atoms with Crippen molar-refractivity contribution in [3.63, 3.8) is 0 Å². The van der Waals surface area contributed by atoms with Crippen molar-refractivity contribution in [3.05, 3.63) is 133 Å². The Morgan fingerprint density at radius 2 is 1.07 bits per heavy atom. The Kier molecular flexibility index (Phi) is 4.39. The monoisotopic (exact) mass is 550 g/mol. The summed E-state index contributed by atoms with van der Waals surface area (Å²) in [5.74, 6) is 0. The largest absolute Gasteiger partial charge is 0.455 e. The molecular weight excluding hydrogens is 529 g/mol. The number of hydrogen-bond donors (Lipinski definition) is 0. The molecular formula is C40H22OS. The van der Waals surface area contributed by atoms with Crippen molar-refractivity contribution >= 4 is 96.5 Å². The fraction of sp³-hybridized carbons (Fsp3) is 0. The third kappa shape index (κ3) is 2.97. The molecule has 1 nitrogen and oxygen atoms in total. The Morgan fingerprint density at radius 1 is 0.429 bits per heavy atom. The first-order valence-corrected chi connectivity index (χ1v) is 15.2. The van der Waals surface area contributed by atoms with Crippen LogP contribution in [0.3, 0.4) is 0 Å². The van der Waals surface area contributed by atoms with Gasteiger partial charge in [0.2, 0.25) is 0 Å². The van der Waals surface area contributed by atoms with Crippen LogP contribution in [0.25, 0.3) is 96.3 Å². The minimum atomic E-state index is 0.931. The van der Waals surface area contributed by atoms with Gasteiger partial charge in [-0.1, -0.05) is 109 Å². The zero-order valence-corrected chi connectivity index (χ0v) is 23.3. The zero-order valence-electron chi connectivity index (χ0n) is 22.5. The quantitative estimate of drug-likeness (QED) is 0.198. The lowest BCUT2D eigenvalue weighted by molar-refractivity contribution is 0.673. The molecule has 0 bridgehead atoms. The molecule has 2 aromatic heterocycles. The van der Waals surface area contributed by atoms with Gasteiger partial charge in [-0.2, -0.15) is 0 Å². The van der Waals surface area contributed by atoms with Crippen molar-refractivity contribution in [1.29, 1.82) is 0 Å². The van der Waals surface area contributed by atoms with Gasteiger partial charge in [0.1, 0.15) is 11.2 Å². The second-order valence-electron chi connectivity index (χ2n) is 11.2. The van der Waals surface area contributed by atoms with E-state index >= 15 is 0 Å². The summed E-state index contributed by atoms with van der Waals surface area (Å²) >= 11 is 1.90. The van der Waals surface area contributed by atoms with Crippen LogP contribution in [0.1, 0.15) is 0 Å². The summed E-state index contributed by atoms with van der Waals surface area (Å²) in [5, 5.41) is 15.0. The van der Waals surface area contributed by atoms with E-state index in [1.165, 1.54) is 79.8 Å². The second-order valence-corrected chi connectivity index (χ2v) is 12.3. The highest BCUT2D eigenvalue weighted by atomic mass is 32.1. The van der Waals surface area contributed by atoms with Crippen LogP contribution in [0.4, 0.5) is 0 Å². The van der Waals surface area contributed by atoms with Crippen molar-refractivity contribution in [1.82, 2.24) is 0 Å². The van der Waals surface area contributed by atoms with Crippen LogP contribution in [0.5, 0.6) is 0 Å². The Balaban J connectivity index is 1.30. The first-order chi connectivity index (χ1) is 20.8. The smallest absolute Gasteiger partial charge is 0.143 e. The summed E-state index contributed by atoms with van der Waals surface area (Å²) in [6, 6.07) is 48.7. The van der Waals surface area contributed by atoms with E-state index in [0.29, 0.717) is 0 Å². The standard InChI is InChI=1S/C40H22OS/c1-3-9-27-23(7-1)15-18-31-37-30-12-6-5-11-29(30)33(22-35(37)41-39(27)31)26-14-13-25-17-20-36-38(34(25)21-26)32-19-16-24-8-2-4-10-28(24)40(32)42-36/h1-22H. The predicted octanol–water partition coefficient (Wildman–Crippen LogP) is 12.2. The SMILES string of the molecule is c1ccc2c(c1)ccc1c2oc2cc(-c3ccc4ccc5sc6c7ccccc7ccc6c5c4c3)c3ccccc3c21. The van der Waals surface area contributed by atoms with E-state index in [2.05, 4.69) is 133 Å². The lowest BCUT2D eigenvalue weighted by Crippen LogP contribution is -1.84. The van der Waals surface area contributed by atoms with Gasteiger partial charge in [0.25, 0.3) is 0 Å². The average molecular weight is 551 g/mol. The summed E-state index contributed by atoms with van der Waals surface area (Å²) in [6.07, 6.45) is 0. The summed E-state index contributed by atoms with van der Waals surface area (Å²) < 4.78 is 9.37. The molecule has 0 amide bonds. The predicted molar refractivity (Wildman–Crippen MR) is 182 cm³/mol. The molecule has 10 aromatic rings. The summed E-state index contributed by atoms with van der Waals surface area (Å²) in [7, 11) is 0. The average Bonchev–Trinajstić information content (AvgIpc) is 3.63. The minimum absolute atomic E-state index is 0.931. The maximum absolute atomic E-state index is 6.68. The fourth-order valence-electron chi connectivity index (χ4n) is 7.10. The van der Waals surface area contributed by atoms with Gasteiger partial charge < -0.3 is 4.42 Å². The number of rotatable bonds is 1. The Labute approximate surface area is 244 Å². The third-order valence-corrected chi connectivity index (χ3v) is 10.2. The highest BCUT2D eigenvalue weighted by Gasteiger charge is 2.17. The number of thiophene rings is 1. The molecule has 0 saturated carbocycles. The third-order valence-electron chi connectivity index (χ3n) is 9.02. The highest BCUT2D eigenvalue weighted by molar-refractivity contribution is 7.26.